The van der Waals surface area contributed by atoms with E-state index in [1.165, 1.54) is 38.5 Å². The highest BCUT2D eigenvalue weighted by Crippen LogP contribution is 2.34. The van der Waals surface area contributed by atoms with Crippen LogP contribution in [0.15, 0.2) is 4.99 Å². The lowest BCUT2D eigenvalue weighted by molar-refractivity contribution is 0.263. The maximum absolute atomic E-state index is 4.34. The normalized spacial score (nSPS) is 22.2. The molecule has 19 heavy (non-hydrogen) atoms. The first-order chi connectivity index (χ1) is 8.70. The maximum Gasteiger partial charge on any atom is 0.191 e. The van der Waals surface area contributed by atoms with Gasteiger partial charge < -0.3 is 15.5 Å². The molecule has 4 nitrogen and oxygen atoms in total. The van der Waals surface area contributed by atoms with Crippen LogP contribution in [0.5, 0.6) is 0 Å². The molecule has 0 radical (unpaired) electrons. The molecule has 0 bridgehead atoms. The summed E-state index contributed by atoms with van der Waals surface area (Å²) >= 11 is 0. The van der Waals surface area contributed by atoms with Gasteiger partial charge >= 0.3 is 0 Å². The van der Waals surface area contributed by atoms with Gasteiger partial charge in [0.15, 0.2) is 5.96 Å². The Kier molecular flexibility index (Phi) is 7.42. The van der Waals surface area contributed by atoms with Crippen molar-refractivity contribution in [3.05, 3.63) is 0 Å². The van der Waals surface area contributed by atoms with E-state index in [4.69, 9.17) is 0 Å². The third-order valence-corrected chi connectivity index (χ3v) is 4.23. The number of hydrogen-bond donors (Lipinski definition) is 2. The van der Waals surface area contributed by atoms with E-state index in [9.17, 15) is 0 Å². The lowest BCUT2D eigenvalue weighted by Crippen LogP contribution is -2.48. The summed E-state index contributed by atoms with van der Waals surface area (Å²) in [6, 6.07) is 1.28. The molecule has 2 saturated carbocycles. The Morgan fingerprint density at radius 3 is 2.32 bits per heavy atom. The summed E-state index contributed by atoms with van der Waals surface area (Å²) in [7, 11) is 6.22. The van der Waals surface area contributed by atoms with E-state index >= 15 is 0 Å². The van der Waals surface area contributed by atoms with Gasteiger partial charge in [-0.05, 0) is 45.7 Å². The fourth-order valence-electron chi connectivity index (χ4n) is 2.91. The zero-order valence-electron chi connectivity index (χ0n) is 12.5. The third-order valence-electron chi connectivity index (χ3n) is 4.23. The summed E-state index contributed by atoms with van der Waals surface area (Å²) in [6.45, 7) is 1.00. The molecule has 0 aromatic carbocycles. The average Bonchev–Trinajstić information content (AvgIpc) is 3.04. The van der Waals surface area contributed by atoms with Gasteiger partial charge in [0.1, 0.15) is 0 Å². The van der Waals surface area contributed by atoms with Gasteiger partial charge in [0.2, 0.25) is 0 Å². The molecule has 2 aliphatic rings. The van der Waals surface area contributed by atoms with Crippen molar-refractivity contribution in [2.45, 2.75) is 50.6 Å². The molecule has 0 aliphatic heterocycles. The molecule has 0 aromatic heterocycles. The summed E-state index contributed by atoms with van der Waals surface area (Å²) in [5.74, 6) is 1.87. The van der Waals surface area contributed by atoms with Crippen LogP contribution >= 0.6 is 24.0 Å². The van der Waals surface area contributed by atoms with Crippen molar-refractivity contribution in [1.82, 2.24) is 15.5 Å². The summed E-state index contributed by atoms with van der Waals surface area (Å²) in [6.07, 6.45) is 8.08. The van der Waals surface area contributed by atoms with E-state index in [1.54, 1.807) is 0 Å². The Balaban J connectivity index is 0.00000180. The summed E-state index contributed by atoms with van der Waals surface area (Å²) in [5, 5.41) is 7.04. The van der Waals surface area contributed by atoms with Crippen LogP contribution in [0.4, 0.5) is 0 Å². The van der Waals surface area contributed by atoms with E-state index in [0.717, 1.165) is 18.4 Å². The van der Waals surface area contributed by atoms with E-state index in [-0.39, 0.29) is 24.0 Å². The van der Waals surface area contributed by atoms with Crippen molar-refractivity contribution < 1.29 is 0 Å². The minimum atomic E-state index is 0. The van der Waals surface area contributed by atoms with Gasteiger partial charge in [-0.2, -0.15) is 0 Å². The number of likely N-dealkylation sites (N-methyl/N-ethyl adjacent to an activating group) is 1. The maximum atomic E-state index is 4.34. The number of guanidine groups is 1. The first kappa shape index (κ1) is 17.0. The first-order valence-electron chi connectivity index (χ1n) is 7.34. The van der Waals surface area contributed by atoms with Crippen LogP contribution in [-0.2, 0) is 0 Å². The number of nitrogens with zero attached hydrogens (tertiary/aromatic N) is 2. The predicted octanol–water partition coefficient (Wildman–Crippen LogP) is 2.05. The second kappa shape index (κ2) is 8.29. The molecule has 0 spiro atoms. The van der Waals surface area contributed by atoms with Crippen LogP contribution in [0.2, 0.25) is 0 Å². The third kappa shape index (κ3) is 5.45. The van der Waals surface area contributed by atoms with E-state index in [0.29, 0.717) is 12.1 Å². The van der Waals surface area contributed by atoms with Gasteiger partial charge in [-0.25, -0.2) is 0 Å². The highest BCUT2D eigenvalue weighted by Gasteiger charge is 2.32. The molecule has 2 aliphatic carbocycles. The number of aliphatic imine (C=N–C) groups is 1. The van der Waals surface area contributed by atoms with E-state index in [1.807, 2.05) is 7.05 Å². The number of nitrogens with one attached hydrogen (secondary N) is 2. The van der Waals surface area contributed by atoms with Crippen LogP contribution in [0.25, 0.3) is 0 Å². The first-order valence-corrected chi connectivity index (χ1v) is 7.34. The lowest BCUT2D eigenvalue weighted by Gasteiger charge is -2.26. The van der Waals surface area contributed by atoms with Crippen LogP contribution in [0.3, 0.4) is 0 Å². The van der Waals surface area contributed by atoms with Crippen molar-refractivity contribution in [1.29, 1.82) is 0 Å². The highest BCUT2D eigenvalue weighted by atomic mass is 127. The second-order valence-electron chi connectivity index (χ2n) is 5.95. The summed E-state index contributed by atoms with van der Waals surface area (Å²) in [5.41, 5.74) is 0. The fourth-order valence-corrected chi connectivity index (χ4v) is 2.91. The Bertz CT molecular complexity index is 281. The topological polar surface area (TPSA) is 39.7 Å². The molecule has 2 rings (SSSR count). The second-order valence-corrected chi connectivity index (χ2v) is 5.95. The van der Waals surface area contributed by atoms with Crippen molar-refractivity contribution >= 4 is 29.9 Å². The Hall–Kier alpha value is -0.0400. The van der Waals surface area contributed by atoms with Crippen molar-refractivity contribution in [2.24, 2.45) is 10.9 Å². The van der Waals surface area contributed by atoms with Crippen LogP contribution in [0, 0.1) is 5.92 Å². The summed E-state index contributed by atoms with van der Waals surface area (Å²) < 4.78 is 0. The van der Waals surface area contributed by atoms with Gasteiger partial charge in [0, 0.05) is 25.7 Å². The highest BCUT2D eigenvalue weighted by molar-refractivity contribution is 14.0. The van der Waals surface area contributed by atoms with Crippen molar-refractivity contribution in [3.8, 4) is 0 Å². The molecule has 0 heterocycles. The molecular weight excluding hydrogens is 351 g/mol. The lowest BCUT2D eigenvalue weighted by atomic mass is 10.1. The Labute approximate surface area is 134 Å². The SMILES string of the molecule is CN=C(NCC(C1CC1)N(C)C)NC1CCCC1.I. The van der Waals surface area contributed by atoms with Crippen LogP contribution in [-0.4, -0.2) is 50.6 Å². The van der Waals surface area contributed by atoms with Crippen LogP contribution < -0.4 is 10.6 Å². The molecule has 1 unspecified atom stereocenters. The minimum Gasteiger partial charge on any atom is -0.355 e. The number of hydrogen-bond acceptors (Lipinski definition) is 2. The number of halogens is 1. The molecule has 2 fully saturated rings. The van der Waals surface area contributed by atoms with Gasteiger partial charge in [0.05, 0.1) is 0 Å². The van der Waals surface area contributed by atoms with Gasteiger partial charge in [0.25, 0.3) is 0 Å². The van der Waals surface area contributed by atoms with Gasteiger partial charge in [-0.3, -0.25) is 4.99 Å². The number of rotatable bonds is 5. The predicted molar refractivity (Wildman–Crippen MR) is 92.4 cm³/mol. The molecule has 1 atom stereocenters. The molecule has 0 aromatic rings. The molecule has 5 heteroatoms. The minimum absolute atomic E-state index is 0. The molecule has 0 amide bonds. The smallest absolute Gasteiger partial charge is 0.191 e. The summed E-state index contributed by atoms with van der Waals surface area (Å²) in [4.78, 5) is 6.68. The van der Waals surface area contributed by atoms with Crippen LogP contribution in [0.1, 0.15) is 38.5 Å². The van der Waals surface area contributed by atoms with Crippen molar-refractivity contribution in [2.75, 3.05) is 27.7 Å². The van der Waals surface area contributed by atoms with Crippen molar-refractivity contribution in [3.63, 3.8) is 0 Å². The monoisotopic (exact) mass is 380 g/mol. The Morgan fingerprint density at radius 2 is 1.84 bits per heavy atom. The molecule has 2 N–H and O–H groups in total. The van der Waals surface area contributed by atoms with E-state index in [2.05, 4.69) is 34.6 Å². The zero-order chi connectivity index (χ0) is 13.0. The largest absolute Gasteiger partial charge is 0.355 e. The van der Waals surface area contributed by atoms with Gasteiger partial charge in [-0.1, -0.05) is 12.8 Å². The average molecular weight is 380 g/mol. The standard InChI is InChI=1S/C14H28N4.HI/c1-15-14(17-12-6-4-5-7-12)16-10-13(18(2)3)11-8-9-11;/h11-13H,4-10H2,1-3H3,(H2,15,16,17);1H. The van der Waals surface area contributed by atoms with E-state index < -0.39 is 0 Å². The zero-order valence-corrected chi connectivity index (χ0v) is 14.8. The molecular formula is C14H29IN4. The Morgan fingerprint density at radius 1 is 1.21 bits per heavy atom. The quantitative estimate of drug-likeness (QED) is 0.436. The fraction of sp³-hybridized carbons (Fsp3) is 0.929. The molecule has 112 valence electrons. The van der Waals surface area contributed by atoms with Gasteiger partial charge in [-0.15, -0.1) is 24.0 Å². The molecule has 0 saturated heterocycles.